The highest BCUT2D eigenvalue weighted by Gasteiger charge is 2.15. The third-order valence-corrected chi connectivity index (χ3v) is 6.73. The van der Waals surface area contributed by atoms with E-state index in [1.54, 1.807) is 36.4 Å². The first-order valence-corrected chi connectivity index (χ1v) is 12.1. The van der Waals surface area contributed by atoms with Crippen molar-refractivity contribution in [1.29, 1.82) is 0 Å². The van der Waals surface area contributed by atoms with Crippen LogP contribution in [0.5, 0.6) is 0 Å². The van der Waals surface area contributed by atoms with E-state index >= 15 is 0 Å². The van der Waals surface area contributed by atoms with E-state index in [9.17, 15) is 9.59 Å². The zero-order valence-electron chi connectivity index (χ0n) is 18.4. The number of carbonyl (C=O) groups excluding carboxylic acids is 1. The summed E-state index contributed by atoms with van der Waals surface area (Å²) in [5.74, 6) is 0.432. The van der Waals surface area contributed by atoms with Crippen LogP contribution in [-0.2, 0) is 4.79 Å². The van der Waals surface area contributed by atoms with Gasteiger partial charge in [0.25, 0.3) is 5.56 Å². The number of hydrogen-bond acceptors (Lipinski definition) is 4. The van der Waals surface area contributed by atoms with Crippen LogP contribution in [0.25, 0.3) is 16.6 Å². The van der Waals surface area contributed by atoms with E-state index in [1.807, 2.05) is 36.4 Å². The fraction of sp³-hybridized carbons (Fsp3) is 0.192. The van der Waals surface area contributed by atoms with Crippen molar-refractivity contribution in [3.8, 4) is 5.69 Å². The van der Waals surface area contributed by atoms with Crippen molar-refractivity contribution in [3.63, 3.8) is 0 Å². The average molecular weight is 478 g/mol. The van der Waals surface area contributed by atoms with Crippen LogP contribution in [0.4, 0.5) is 5.69 Å². The second kappa shape index (κ2) is 10.2. The van der Waals surface area contributed by atoms with Crippen molar-refractivity contribution >= 4 is 45.9 Å². The molecule has 4 aromatic rings. The molecule has 0 aliphatic heterocycles. The Bertz CT molecular complexity index is 1330. The normalized spacial score (nSPS) is 12.0. The molecule has 0 saturated heterocycles. The van der Waals surface area contributed by atoms with E-state index in [-0.39, 0.29) is 17.2 Å². The van der Waals surface area contributed by atoms with Gasteiger partial charge in [-0.15, -0.1) is 0 Å². The molecule has 0 radical (unpaired) electrons. The van der Waals surface area contributed by atoms with Gasteiger partial charge >= 0.3 is 0 Å². The molecule has 0 spiro atoms. The molecule has 1 aromatic heterocycles. The highest BCUT2D eigenvalue weighted by Crippen LogP contribution is 2.24. The number of aromatic nitrogens is 2. The van der Waals surface area contributed by atoms with Crippen LogP contribution < -0.4 is 10.9 Å². The number of para-hydroxylation sites is 1. The van der Waals surface area contributed by atoms with Gasteiger partial charge in [-0.25, -0.2) is 4.98 Å². The lowest BCUT2D eigenvalue weighted by molar-refractivity contribution is -0.113. The van der Waals surface area contributed by atoms with E-state index in [4.69, 9.17) is 11.6 Å². The molecule has 0 bridgehead atoms. The summed E-state index contributed by atoms with van der Waals surface area (Å²) >= 11 is 7.25. The standard InChI is InChI=1S/C26H24ClN3O2S/c1-3-17(2)18-8-12-20(13-9-18)28-24(31)16-33-26-29-23-7-5-4-6-22(23)25(32)30(26)21-14-10-19(27)11-15-21/h4-15,17H,3,16H2,1-2H3,(H,28,31)/t17-/m1/s1. The Hall–Kier alpha value is -3.09. The Labute approximate surface area is 201 Å². The molecule has 3 aromatic carbocycles. The van der Waals surface area contributed by atoms with Crippen LogP contribution in [0.1, 0.15) is 31.7 Å². The summed E-state index contributed by atoms with van der Waals surface area (Å²) in [6.45, 7) is 4.34. The first-order valence-electron chi connectivity index (χ1n) is 10.8. The third kappa shape index (κ3) is 5.29. The smallest absolute Gasteiger partial charge is 0.266 e. The molecule has 1 heterocycles. The Balaban J connectivity index is 1.57. The number of thioether (sulfide) groups is 1. The number of nitrogens with one attached hydrogen (secondary N) is 1. The Morgan fingerprint density at radius 3 is 2.45 bits per heavy atom. The van der Waals surface area contributed by atoms with Crippen molar-refractivity contribution < 1.29 is 4.79 Å². The molecule has 1 N–H and O–H groups in total. The number of benzene rings is 3. The van der Waals surface area contributed by atoms with Crippen molar-refractivity contribution in [2.75, 3.05) is 11.1 Å². The summed E-state index contributed by atoms with van der Waals surface area (Å²) in [6.07, 6.45) is 1.07. The molecule has 4 rings (SSSR count). The minimum Gasteiger partial charge on any atom is -0.325 e. The van der Waals surface area contributed by atoms with Gasteiger partial charge in [-0.05, 0) is 66.4 Å². The monoisotopic (exact) mass is 477 g/mol. The topological polar surface area (TPSA) is 64.0 Å². The lowest BCUT2D eigenvalue weighted by Gasteiger charge is -2.13. The maximum atomic E-state index is 13.3. The maximum absolute atomic E-state index is 13.3. The largest absolute Gasteiger partial charge is 0.325 e. The van der Waals surface area contributed by atoms with Gasteiger partial charge in [0.1, 0.15) is 0 Å². The Kier molecular flexibility index (Phi) is 7.16. The number of fused-ring (bicyclic) bond motifs is 1. The molecule has 0 fully saturated rings. The SMILES string of the molecule is CC[C@@H](C)c1ccc(NC(=O)CSc2nc3ccccc3c(=O)n2-c2ccc(Cl)cc2)cc1. The van der Waals surface area contributed by atoms with E-state index in [1.165, 1.54) is 21.9 Å². The number of nitrogens with zero attached hydrogens (tertiary/aromatic N) is 2. The van der Waals surface area contributed by atoms with Crippen LogP contribution in [0.3, 0.4) is 0 Å². The zero-order valence-corrected chi connectivity index (χ0v) is 20.0. The summed E-state index contributed by atoms with van der Waals surface area (Å²) in [5.41, 5.74) is 3.04. The van der Waals surface area contributed by atoms with E-state index in [0.29, 0.717) is 32.7 Å². The number of amides is 1. The zero-order chi connectivity index (χ0) is 23.4. The van der Waals surface area contributed by atoms with E-state index in [0.717, 1.165) is 12.1 Å². The minimum absolute atomic E-state index is 0.117. The number of anilines is 1. The fourth-order valence-electron chi connectivity index (χ4n) is 3.48. The van der Waals surface area contributed by atoms with E-state index < -0.39 is 0 Å². The lowest BCUT2D eigenvalue weighted by Crippen LogP contribution is -2.23. The second-order valence-electron chi connectivity index (χ2n) is 7.80. The van der Waals surface area contributed by atoms with E-state index in [2.05, 4.69) is 24.1 Å². The highest BCUT2D eigenvalue weighted by atomic mass is 35.5. The molecule has 0 aliphatic carbocycles. The Morgan fingerprint density at radius 1 is 1.06 bits per heavy atom. The van der Waals surface area contributed by atoms with Crippen LogP contribution in [0.2, 0.25) is 5.02 Å². The molecule has 33 heavy (non-hydrogen) atoms. The molecular weight excluding hydrogens is 454 g/mol. The van der Waals surface area contributed by atoms with Gasteiger partial charge in [0.2, 0.25) is 5.91 Å². The average Bonchev–Trinajstić information content (AvgIpc) is 2.83. The summed E-state index contributed by atoms with van der Waals surface area (Å²) in [4.78, 5) is 30.6. The molecule has 1 atom stereocenters. The maximum Gasteiger partial charge on any atom is 0.266 e. The fourth-order valence-corrected chi connectivity index (χ4v) is 4.42. The highest BCUT2D eigenvalue weighted by molar-refractivity contribution is 7.99. The number of hydrogen-bond donors (Lipinski definition) is 1. The van der Waals surface area contributed by atoms with Gasteiger partial charge in [-0.3, -0.25) is 14.2 Å². The summed E-state index contributed by atoms with van der Waals surface area (Å²) in [5, 5.41) is 4.46. The predicted octanol–water partition coefficient (Wildman–Crippen LogP) is 6.28. The van der Waals surface area contributed by atoms with Crippen molar-refractivity contribution in [2.45, 2.75) is 31.3 Å². The van der Waals surface area contributed by atoms with Crippen molar-refractivity contribution in [2.24, 2.45) is 0 Å². The summed E-state index contributed by atoms with van der Waals surface area (Å²) < 4.78 is 1.53. The van der Waals surface area contributed by atoms with Gasteiger partial charge < -0.3 is 5.32 Å². The van der Waals surface area contributed by atoms with Crippen LogP contribution in [0, 0.1) is 0 Å². The molecule has 0 unspecified atom stereocenters. The molecule has 0 saturated carbocycles. The number of halogens is 1. The van der Waals surface area contributed by atoms with Crippen molar-refractivity contribution in [1.82, 2.24) is 9.55 Å². The third-order valence-electron chi connectivity index (χ3n) is 5.54. The van der Waals surface area contributed by atoms with Gasteiger partial charge in [-0.2, -0.15) is 0 Å². The van der Waals surface area contributed by atoms with Crippen molar-refractivity contribution in [3.05, 3.63) is 93.7 Å². The van der Waals surface area contributed by atoms with Crippen LogP contribution >= 0.6 is 23.4 Å². The minimum atomic E-state index is -0.188. The first-order chi connectivity index (χ1) is 16.0. The quantitative estimate of drug-likeness (QED) is 0.251. The molecular formula is C26H24ClN3O2S. The van der Waals surface area contributed by atoms with Gasteiger partial charge in [0.15, 0.2) is 5.16 Å². The van der Waals surface area contributed by atoms with Crippen LogP contribution in [0.15, 0.2) is 82.7 Å². The van der Waals surface area contributed by atoms with Gasteiger partial charge in [0, 0.05) is 10.7 Å². The second-order valence-corrected chi connectivity index (χ2v) is 9.18. The van der Waals surface area contributed by atoms with Crippen LogP contribution in [-0.4, -0.2) is 21.2 Å². The lowest BCUT2D eigenvalue weighted by atomic mass is 9.99. The molecule has 168 valence electrons. The molecule has 5 nitrogen and oxygen atoms in total. The molecule has 0 aliphatic rings. The molecule has 7 heteroatoms. The Morgan fingerprint density at radius 2 is 1.76 bits per heavy atom. The predicted molar refractivity (Wildman–Crippen MR) is 137 cm³/mol. The molecule has 1 amide bonds. The number of rotatable bonds is 7. The van der Waals surface area contributed by atoms with Gasteiger partial charge in [-0.1, -0.05) is 61.5 Å². The van der Waals surface area contributed by atoms with Gasteiger partial charge in [0.05, 0.1) is 22.3 Å². The summed E-state index contributed by atoms with van der Waals surface area (Å²) in [7, 11) is 0. The summed E-state index contributed by atoms with van der Waals surface area (Å²) in [6, 6.07) is 22.1. The number of carbonyl (C=O) groups is 1. The first kappa shape index (κ1) is 23.1.